The molecule has 0 saturated carbocycles. The van der Waals surface area contributed by atoms with Crippen LogP contribution in [0.3, 0.4) is 0 Å². The second kappa shape index (κ2) is 4.92. The lowest BCUT2D eigenvalue weighted by Crippen LogP contribution is -2.05. The first kappa shape index (κ1) is 13.7. The van der Waals surface area contributed by atoms with Crippen molar-refractivity contribution in [2.75, 3.05) is 0 Å². The number of hydrogen-bond acceptors (Lipinski definition) is 5. The number of nitrogens with zero attached hydrogens (tertiary/aromatic N) is 5. The molecule has 107 valence electrons. The van der Waals surface area contributed by atoms with Crippen molar-refractivity contribution in [3.8, 4) is 22.1 Å². The molecule has 0 unspecified atom stereocenters. The van der Waals surface area contributed by atoms with Crippen molar-refractivity contribution >= 4 is 11.3 Å². The molecule has 21 heavy (non-hydrogen) atoms. The van der Waals surface area contributed by atoms with E-state index in [2.05, 4.69) is 26.2 Å². The lowest BCUT2D eigenvalue weighted by molar-refractivity contribution is -0.140. The topological polar surface area (TPSA) is 56.5 Å². The highest BCUT2D eigenvalue weighted by atomic mass is 32.1. The van der Waals surface area contributed by atoms with Crippen molar-refractivity contribution in [1.29, 1.82) is 0 Å². The van der Waals surface area contributed by atoms with Crippen LogP contribution in [0.2, 0.25) is 0 Å². The summed E-state index contributed by atoms with van der Waals surface area (Å²) in [5.41, 5.74) is 0.305. The number of rotatable bonds is 2. The highest BCUT2D eigenvalue weighted by molar-refractivity contribution is 7.13. The maximum atomic E-state index is 12.5. The molecule has 0 aliphatic heterocycles. The predicted octanol–water partition coefficient (Wildman–Crippen LogP) is 2.82. The molecule has 9 heteroatoms. The van der Waals surface area contributed by atoms with E-state index in [0.29, 0.717) is 5.69 Å². The lowest BCUT2D eigenvalue weighted by atomic mass is 10.2. The summed E-state index contributed by atoms with van der Waals surface area (Å²) in [5.74, 6) is 0.108. The zero-order chi connectivity index (χ0) is 15.0. The Morgan fingerprint density at radius 1 is 1.29 bits per heavy atom. The molecule has 1 radical (unpaired) electrons. The zero-order valence-electron chi connectivity index (χ0n) is 10.6. The molecular formula is C12H7F3N5S. The average molecular weight is 310 g/mol. The first-order valence-electron chi connectivity index (χ1n) is 5.71. The Morgan fingerprint density at radius 2 is 2.10 bits per heavy atom. The third-order valence-corrected chi connectivity index (χ3v) is 3.42. The third kappa shape index (κ3) is 2.77. The van der Waals surface area contributed by atoms with Crippen LogP contribution in [0.15, 0.2) is 23.8 Å². The SMILES string of the molecule is Cn1cc(-c2c[c]nc(-c3nc(C(F)(F)F)cs3)n2)cn1. The van der Waals surface area contributed by atoms with Crippen molar-refractivity contribution in [2.45, 2.75) is 6.18 Å². The van der Waals surface area contributed by atoms with Gasteiger partial charge in [0.05, 0.1) is 18.1 Å². The molecule has 0 N–H and O–H groups in total. The van der Waals surface area contributed by atoms with E-state index in [1.165, 1.54) is 0 Å². The van der Waals surface area contributed by atoms with Crippen LogP contribution in [0.5, 0.6) is 0 Å². The molecule has 0 aliphatic rings. The second-order valence-electron chi connectivity index (χ2n) is 4.14. The smallest absolute Gasteiger partial charge is 0.275 e. The Morgan fingerprint density at radius 3 is 2.71 bits per heavy atom. The average Bonchev–Trinajstić information content (AvgIpc) is 3.07. The highest BCUT2D eigenvalue weighted by Gasteiger charge is 2.34. The Hall–Kier alpha value is -2.29. The largest absolute Gasteiger partial charge is 0.434 e. The standard InChI is InChI=1S/C12H7F3N5S/c1-20-5-7(4-17-20)8-2-3-16-10(18-8)11-19-9(6-21-11)12(13,14)15/h2,4-6H,1H3. The van der Waals surface area contributed by atoms with Crippen LogP contribution >= 0.6 is 11.3 Å². The molecule has 3 heterocycles. The van der Waals surface area contributed by atoms with Gasteiger partial charge in [-0.2, -0.15) is 18.3 Å². The second-order valence-corrected chi connectivity index (χ2v) is 5.00. The highest BCUT2D eigenvalue weighted by Crippen LogP contribution is 2.32. The van der Waals surface area contributed by atoms with Gasteiger partial charge in [-0.3, -0.25) is 4.68 Å². The maximum Gasteiger partial charge on any atom is 0.434 e. The molecule has 0 aliphatic carbocycles. The number of aryl methyl sites for hydroxylation is 1. The van der Waals surface area contributed by atoms with E-state index in [9.17, 15) is 13.2 Å². The van der Waals surface area contributed by atoms with Gasteiger partial charge in [-0.15, -0.1) is 11.3 Å². The zero-order valence-corrected chi connectivity index (χ0v) is 11.4. The summed E-state index contributed by atoms with van der Waals surface area (Å²) in [5, 5.41) is 5.05. The number of aromatic nitrogens is 5. The van der Waals surface area contributed by atoms with Crippen LogP contribution in [0.4, 0.5) is 13.2 Å². The first-order chi connectivity index (χ1) is 9.93. The van der Waals surface area contributed by atoms with E-state index in [4.69, 9.17) is 0 Å². The molecular weight excluding hydrogens is 303 g/mol. The number of hydrogen-bond donors (Lipinski definition) is 0. The summed E-state index contributed by atoms with van der Waals surface area (Å²) in [4.78, 5) is 11.6. The van der Waals surface area contributed by atoms with Crippen LogP contribution in [0, 0.1) is 6.20 Å². The fourth-order valence-electron chi connectivity index (χ4n) is 1.63. The Balaban J connectivity index is 1.98. The maximum absolute atomic E-state index is 12.5. The van der Waals surface area contributed by atoms with Crippen molar-refractivity contribution in [3.05, 3.63) is 35.7 Å². The summed E-state index contributed by atoms with van der Waals surface area (Å²) in [6.07, 6.45) is 1.49. The van der Waals surface area contributed by atoms with Gasteiger partial charge >= 0.3 is 6.18 Å². The van der Waals surface area contributed by atoms with Crippen LogP contribution in [0.1, 0.15) is 5.69 Å². The molecule has 0 atom stereocenters. The Labute approximate surface area is 121 Å². The summed E-state index contributed by atoms with van der Waals surface area (Å²) in [7, 11) is 1.76. The van der Waals surface area contributed by atoms with Crippen molar-refractivity contribution < 1.29 is 13.2 Å². The van der Waals surface area contributed by atoms with E-state index in [1.54, 1.807) is 30.2 Å². The molecule has 3 aromatic heterocycles. The van der Waals surface area contributed by atoms with Gasteiger partial charge in [-0.1, -0.05) is 0 Å². The van der Waals surface area contributed by atoms with Crippen LogP contribution in [-0.4, -0.2) is 24.7 Å². The summed E-state index contributed by atoms with van der Waals surface area (Å²) < 4.78 is 39.2. The van der Waals surface area contributed by atoms with Gasteiger partial charge in [-0.05, 0) is 6.07 Å². The predicted molar refractivity (Wildman–Crippen MR) is 69.2 cm³/mol. The molecule has 5 nitrogen and oxygen atoms in total. The van der Waals surface area contributed by atoms with E-state index in [1.807, 2.05) is 0 Å². The minimum Gasteiger partial charge on any atom is -0.275 e. The van der Waals surface area contributed by atoms with Crippen LogP contribution < -0.4 is 0 Å². The summed E-state index contributed by atoms with van der Waals surface area (Å²) >= 11 is 0.842. The normalized spacial score (nSPS) is 11.8. The van der Waals surface area contributed by atoms with Gasteiger partial charge in [0.1, 0.15) is 0 Å². The van der Waals surface area contributed by atoms with Crippen LogP contribution in [-0.2, 0) is 13.2 Å². The van der Waals surface area contributed by atoms with Crippen molar-refractivity contribution in [2.24, 2.45) is 7.05 Å². The monoisotopic (exact) mass is 310 g/mol. The van der Waals surface area contributed by atoms with E-state index >= 15 is 0 Å². The number of alkyl halides is 3. The molecule has 0 amide bonds. The first-order valence-corrected chi connectivity index (χ1v) is 6.59. The van der Waals surface area contributed by atoms with E-state index < -0.39 is 11.9 Å². The van der Waals surface area contributed by atoms with E-state index in [0.717, 1.165) is 22.3 Å². The van der Waals surface area contributed by atoms with Crippen LogP contribution in [0.25, 0.3) is 22.1 Å². The molecule has 0 bridgehead atoms. The van der Waals surface area contributed by atoms with Gasteiger partial charge in [0.2, 0.25) is 0 Å². The van der Waals surface area contributed by atoms with Gasteiger partial charge in [0, 0.05) is 24.2 Å². The Kier molecular flexibility index (Phi) is 3.20. The lowest BCUT2D eigenvalue weighted by Gasteiger charge is -2.00. The molecule has 0 aromatic carbocycles. The molecule has 3 rings (SSSR count). The quantitative estimate of drug-likeness (QED) is 0.730. The minimum atomic E-state index is -4.47. The van der Waals surface area contributed by atoms with Gasteiger partial charge in [0.15, 0.2) is 16.5 Å². The minimum absolute atomic E-state index is 0.101. The van der Waals surface area contributed by atoms with E-state index in [-0.39, 0.29) is 10.8 Å². The number of halogens is 3. The molecule has 0 saturated heterocycles. The molecule has 3 aromatic rings. The molecule has 0 fully saturated rings. The Bertz CT molecular complexity index is 777. The van der Waals surface area contributed by atoms with Gasteiger partial charge in [-0.25, -0.2) is 15.0 Å². The van der Waals surface area contributed by atoms with Gasteiger partial charge in [0.25, 0.3) is 0 Å². The van der Waals surface area contributed by atoms with Crippen molar-refractivity contribution in [3.63, 3.8) is 0 Å². The fraction of sp³-hybridized carbons (Fsp3) is 0.167. The summed E-state index contributed by atoms with van der Waals surface area (Å²) in [6, 6.07) is 1.54. The van der Waals surface area contributed by atoms with Gasteiger partial charge < -0.3 is 0 Å². The third-order valence-electron chi connectivity index (χ3n) is 2.58. The van der Waals surface area contributed by atoms with Crippen molar-refractivity contribution in [1.82, 2.24) is 24.7 Å². The number of thiazole rings is 1. The fourth-order valence-corrected chi connectivity index (χ4v) is 2.39. The molecule has 0 spiro atoms. The summed E-state index contributed by atoms with van der Waals surface area (Å²) in [6.45, 7) is 0.